The number of ether oxygens (including phenoxy) is 3. The number of aliphatic hydroxyl groups is 1. The third-order valence-corrected chi connectivity index (χ3v) is 6.02. The van der Waals surface area contributed by atoms with Crippen molar-refractivity contribution in [1.29, 1.82) is 0 Å². The van der Waals surface area contributed by atoms with E-state index in [2.05, 4.69) is 0 Å². The fraction of sp³-hybridized carbons (Fsp3) is 0.241. The van der Waals surface area contributed by atoms with Crippen molar-refractivity contribution >= 4 is 23.1 Å². The second kappa shape index (κ2) is 10.6. The van der Waals surface area contributed by atoms with Gasteiger partial charge in [0.05, 0.1) is 31.9 Å². The molecule has 1 unspecified atom stereocenters. The van der Waals surface area contributed by atoms with E-state index in [4.69, 9.17) is 14.2 Å². The average molecular weight is 488 g/mol. The van der Waals surface area contributed by atoms with E-state index < -0.39 is 17.7 Å². The van der Waals surface area contributed by atoms with Crippen molar-refractivity contribution in [1.82, 2.24) is 0 Å². The van der Waals surface area contributed by atoms with Crippen molar-refractivity contribution in [3.63, 3.8) is 0 Å². The third-order valence-electron chi connectivity index (χ3n) is 6.02. The van der Waals surface area contributed by atoms with Crippen LogP contribution in [-0.2, 0) is 9.59 Å². The van der Waals surface area contributed by atoms with Gasteiger partial charge >= 0.3 is 0 Å². The second-order valence-corrected chi connectivity index (χ2v) is 8.29. The molecule has 1 heterocycles. The van der Waals surface area contributed by atoms with E-state index in [1.807, 2.05) is 32.9 Å². The van der Waals surface area contributed by atoms with Gasteiger partial charge in [-0.15, -0.1) is 0 Å². The van der Waals surface area contributed by atoms with Crippen LogP contribution in [0.5, 0.6) is 17.2 Å². The van der Waals surface area contributed by atoms with Gasteiger partial charge in [-0.3, -0.25) is 14.5 Å². The van der Waals surface area contributed by atoms with E-state index in [0.29, 0.717) is 47.3 Å². The largest absolute Gasteiger partial charge is 0.507 e. The number of amides is 1. The van der Waals surface area contributed by atoms with Crippen molar-refractivity contribution in [3.8, 4) is 17.2 Å². The maximum absolute atomic E-state index is 13.4. The molecule has 7 nitrogen and oxygen atoms in total. The molecule has 3 aromatic carbocycles. The van der Waals surface area contributed by atoms with Crippen LogP contribution < -0.4 is 19.1 Å². The fourth-order valence-corrected chi connectivity index (χ4v) is 4.41. The van der Waals surface area contributed by atoms with Gasteiger partial charge in [-0.2, -0.15) is 0 Å². The predicted molar refractivity (Wildman–Crippen MR) is 138 cm³/mol. The lowest BCUT2D eigenvalue weighted by Gasteiger charge is -2.26. The molecular formula is C29H29NO6. The van der Waals surface area contributed by atoms with Crippen molar-refractivity contribution in [2.45, 2.75) is 26.8 Å². The number of carbonyl (C=O) groups excluding carboxylic acids is 2. The van der Waals surface area contributed by atoms with E-state index >= 15 is 0 Å². The fourth-order valence-electron chi connectivity index (χ4n) is 4.41. The Hall–Kier alpha value is -4.26. The molecule has 0 bridgehead atoms. The number of carbonyl (C=O) groups is 2. The molecule has 0 radical (unpaired) electrons. The standard InChI is InChI=1S/C29H29NO6/c1-5-35-22-13-11-21(12-14-22)30-26(19-8-7-9-23(17-19)36-6-2)25(28(32)29(30)33)27(31)20-10-15-24(34-4)18(3)16-20/h7-17,26,31H,5-6H2,1-4H3/b27-25+. The van der Waals surface area contributed by atoms with E-state index in [0.717, 1.165) is 5.56 Å². The highest BCUT2D eigenvalue weighted by atomic mass is 16.5. The second-order valence-electron chi connectivity index (χ2n) is 8.29. The first-order valence-electron chi connectivity index (χ1n) is 11.8. The lowest BCUT2D eigenvalue weighted by Crippen LogP contribution is -2.29. The van der Waals surface area contributed by atoms with Crippen molar-refractivity contribution in [3.05, 3.63) is 89.0 Å². The number of hydrogen-bond donors (Lipinski definition) is 1. The summed E-state index contributed by atoms with van der Waals surface area (Å²) in [5.74, 6) is 0.176. The van der Waals surface area contributed by atoms with Gasteiger partial charge in [0.2, 0.25) is 0 Å². The number of aryl methyl sites for hydroxylation is 1. The monoisotopic (exact) mass is 487 g/mol. The van der Waals surface area contributed by atoms with Crippen LogP contribution in [0, 0.1) is 6.92 Å². The molecular weight excluding hydrogens is 458 g/mol. The molecule has 0 aliphatic carbocycles. The Bertz CT molecular complexity index is 1310. The van der Waals surface area contributed by atoms with Gasteiger partial charge < -0.3 is 19.3 Å². The smallest absolute Gasteiger partial charge is 0.300 e. The maximum atomic E-state index is 13.4. The minimum absolute atomic E-state index is 0.00657. The van der Waals surface area contributed by atoms with Crippen LogP contribution in [0.1, 0.15) is 36.6 Å². The van der Waals surface area contributed by atoms with Gasteiger partial charge in [0, 0.05) is 11.3 Å². The van der Waals surface area contributed by atoms with E-state index in [9.17, 15) is 14.7 Å². The lowest BCUT2D eigenvalue weighted by molar-refractivity contribution is -0.132. The summed E-state index contributed by atoms with van der Waals surface area (Å²) in [5.41, 5.74) is 2.37. The van der Waals surface area contributed by atoms with Gasteiger partial charge in [0.15, 0.2) is 0 Å². The molecule has 7 heteroatoms. The Morgan fingerprint density at radius 1 is 0.917 bits per heavy atom. The summed E-state index contributed by atoms with van der Waals surface area (Å²) in [6, 6.07) is 18.4. The Labute approximate surface area is 210 Å². The third kappa shape index (κ3) is 4.64. The van der Waals surface area contributed by atoms with Crippen LogP contribution in [0.25, 0.3) is 5.76 Å². The molecule has 1 amide bonds. The molecule has 1 fully saturated rings. The van der Waals surface area contributed by atoms with Crippen LogP contribution in [0.3, 0.4) is 0 Å². The minimum Gasteiger partial charge on any atom is -0.507 e. The van der Waals surface area contributed by atoms with Crippen LogP contribution in [0.4, 0.5) is 5.69 Å². The quantitative estimate of drug-likeness (QED) is 0.259. The summed E-state index contributed by atoms with van der Waals surface area (Å²) in [5, 5.41) is 11.4. The normalized spacial score (nSPS) is 16.8. The SMILES string of the molecule is CCOc1ccc(N2C(=O)C(=O)/C(=C(/O)c3ccc(OC)c(C)c3)C2c2cccc(OCC)c2)cc1. The van der Waals surface area contributed by atoms with Crippen LogP contribution in [0.15, 0.2) is 72.3 Å². The first-order chi connectivity index (χ1) is 17.4. The van der Waals surface area contributed by atoms with Gasteiger partial charge in [-0.05, 0) is 86.5 Å². The number of aliphatic hydroxyl groups excluding tert-OH is 1. The van der Waals surface area contributed by atoms with E-state index in [-0.39, 0.29) is 11.3 Å². The minimum atomic E-state index is -0.856. The maximum Gasteiger partial charge on any atom is 0.300 e. The first-order valence-corrected chi connectivity index (χ1v) is 11.8. The molecule has 1 saturated heterocycles. The predicted octanol–water partition coefficient (Wildman–Crippen LogP) is 5.43. The molecule has 1 aliphatic heterocycles. The zero-order valence-electron chi connectivity index (χ0n) is 20.8. The van der Waals surface area contributed by atoms with Crippen LogP contribution in [0.2, 0.25) is 0 Å². The van der Waals surface area contributed by atoms with Crippen molar-refractivity contribution < 1.29 is 28.9 Å². The zero-order chi connectivity index (χ0) is 25.8. The average Bonchev–Trinajstić information content (AvgIpc) is 3.15. The summed E-state index contributed by atoms with van der Waals surface area (Å²) in [6.45, 7) is 6.59. The lowest BCUT2D eigenvalue weighted by atomic mass is 9.94. The molecule has 4 rings (SSSR count). The Kier molecular flexibility index (Phi) is 7.29. The summed E-state index contributed by atoms with van der Waals surface area (Å²) in [6.07, 6.45) is 0. The summed E-state index contributed by atoms with van der Waals surface area (Å²) in [7, 11) is 1.57. The van der Waals surface area contributed by atoms with Gasteiger partial charge in [-0.1, -0.05) is 12.1 Å². The number of anilines is 1. The van der Waals surface area contributed by atoms with E-state index in [1.165, 1.54) is 4.90 Å². The summed E-state index contributed by atoms with van der Waals surface area (Å²) >= 11 is 0. The molecule has 1 atom stereocenters. The number of hydrogen-bond acceptors (Lipinski definition) is 6. The van der Waals surface area contributed by atoms with Crippen LogP contribution in [-0.4, -0.2) is 37.1 Å². The molecule has 0 aromatic heterocycles. The number of benzene rings is 3. The summed E-state index contributed by atoms with van der Waals surface area (Å²) in [4.78, 5) is 28.2. The Balaban J connectivity index is 1.90. The molecule has 3 aromatic rings. The van der Waals surface area contributed by atoms with Gasteiger partial charge in [-0.25, -0.2) is 0 Å². The van der Waals surface area contributed by atoms with Crippen LogP contribution >= 0.6 is 0 Å². The Morgan fingerprint density at radius 2 is 1.61 bits per heavy atom. The highest BCUT2D eigenvalue weighted by Crippen LogP contribution is 2.43. The topological polar surface area (TPSA) is 85.3 Å². The molecule has 1 N–H and O–H groups in total. The van der Waals surface area contributed by atoms with Gasteiger partial charge in [0.25, 0.3) is 11.7 Å². The van der Waals surface area contributed by atoms with Gasteiger partial charge in [0.1, 0.15) is 23.0 Å². The molecule has 36 heavy (non-hydrogen) atoms. The first kappa shape index (κ1) is 24.9. The molecule has 0 saturated carbocycles. The number of ketones is 1. The number of methoxy groups -OCH3 is 1. The van der Waals surface area contributed by atoms with E-state index in [1.54, 1.807) is 61.7 Å². The highest BCUT2D eigenvalue weighted by molar-refractivity contribution is 6.51. The molecule has 0 spiro atoms. The zero-order valence-corrected chi connectivity index (χ0v) is 20.8. The van der Waals surface area contributed by atoms with Crippen molar-refractivity contribution in [2.24, 2.45) is 0 Å². The number of Topliss-reactive ketones (excluding diaryl/α,β-unsaturated/α-hetero) is 1. The molecule has 186 valence electrons. The highest BCUT2D eigenvalue weighted by Gasteiger charge is 2.47. The number of rotatable bonds is 8. The Morgan fingerprint density at radius 3 is 2.25 bits per heavy atom. The van der Waals surface area contributed by atoms with Crippen molar-refractivity contribution in [2.75, 3.05) is 25.2 Å². The summed E-state index contributed by atoms with van der Waals surface area (Å²) < 4.78 is 16.5. The number of nitrogens with zero attached hydrogens (tertiary/aromatic N) is 1. The molecule has 1 aliphatic rings.